The molecule has 0 radical (unpaired) electrons. The number of rotatable bonds is 6. The number of amides is 3. The monoisotopic (exact) mass is 453 g/mol. The van der Waals surface area contributed by atoms with Gasteiger partial charge in [0.05, 0.1) is 11.3 Å². The number of nitrogens with one attached hydrogen (secondary N) is 3. The van der Waals surface area contributed by atoms with E-state index in [0.717, 1.165) is 11.3 Å². The third-order valence-corrected chi connectivity index (χ3v) is 6.29. The molecule has 0 saturated carbocycles. The van der Waals surface area contributed by atoms with Crippen molar-refractivity contribution < 1.29 is 27.5 Å². The van der Waals surface area contributed by atoms with Crippen molar-refractivity contribution in [3.8, 4) is 0 Å². The van der Waals surface area contributed by atoms with E-state index in [9.17, 15) is 22.8 Å². The van der Waals surface area contributed by atoms with Gasteiger partial charge in [-0.3, -0.25) is 14.8 Å². The molecular weight excluding hydrogens is 430 g/mol. The van der Waals surface area contributed by atoms with Crippen molar-refractivity contribution >= 4 is 45.0 Å². The van der Waals surface area contributed by atoms with Crippen LogP contribution < -0.4 is 15.4 Å². The van der Waals surface area contributed by atoms with E-state index in [0.29, 0.717) is 0 Å². The minimum Gasteiger partial charge on any atom is -0.449 e. The van der Waals surface area contributed by atoms with Crippen LogP contribution >= 0.6 is 11.3 Å². The number of hydrogen-bond donors (Lipinski definition) is 3. The fraction of sp³-hybridized carbons (Fsp3) is 0.316. The first-order valence-electron chi connectivity index (χ1n) is 8.88. The van der Waals surface area contributed by atoms with Crippen LogP contribution in [0.3, 0.4) is 0 Å². The van der Waals surface area contributed by atoms with Gasteiger partial charge < -0.3 is 10.1 Å². The SMILES string of the molecule is C[C@H](OC(=O)c1ccccc1NS(=O)(=O)c1cccs1)C(=O)NC(=O)NC(C)(C)C. The van der Waals surface area contributed by atoms with Crippen LogP contribution in [0.1, 0.15) is 38.1 Å². The quantitative estimate of drug-likeness (QED) is 0.577. The molecule has 1 heterocycles. The highest BCUT2D eigenvalue weighted by molar-refractivity contribution is 7.94. The van der Waals surface area contributed by atoms with Crippen LogP contribution in [0.15, 0.2) is 46.0 Å². The summed E-state index contributed by atoms with van der Waals surface area (Å²) < 4.78 is 32.4. The Labute approximate surface area is 178 Å². The van der Waals surface area contributed by atoms with Crippen molar-refractivity contribution in [3.63, 3.8) is 0 Å². The van der Waals surface area contributed by atoms with Crippen LogP contribution in [-0.4, -0.2) is 38.0 Å². The Kier molecular flexibility index (Phi) is 7.21. The zero-order chi connectivity index (χ0) is 22.5. The second kappa shape index (κ2) is 9.26. The number of thiophene rings is 1. The maximum Gasteiger partial charge on any atom is 0.341 e. The van der Waals surface area contributed by atoms with Gasteiger partial charge in [-0.1, -0.05) is 18.2 Å². The maximum absolute atomic E-state index is 12.5. The number of esters is 1. The van der Waals surface area contributed by atoms with Gasteiger partial charge in [0, 0.05) is 5.54 Å². The molecule has 1 aromatic carbocycles. The summed E-state index contributed by atoms with van der Waals surface area (Å²) in [4.78, 5) is 36.4. The first-order valence-corrected chi connectivity index (χ1v) is 11.2. The summed E-state index contributed by atoms with van der Waals surface area (Å²) in [6, 6.07) is 8.16. The molecule has 0 aliphatic carbocycles. The number of anilines is 1. The lowest BCUT2D eigenvalue weighted by atomic mass is 10.1. The number of para-hydroxylation sites is 1. The lowest BCUT2D eigenvalue weighted by molar-refractivity contribution is -0.127. The van der Waals surface area contributed by atoms with Gasteiger partial charge in [0.2, 0.25) is 0 Å². The van der Waals surface area contributed by atoms with Gasteiger partial charge in [0.25, 0.3) is 15.9 Å². The molecule has 0 aliphatic rings. The lowest BCUT2D eigenvalue weighted by Gasteiger charge is -2.21. The first-order chi connectivity index (χ1) is 13.9. The number of carbonyl (C=O) groups is 3. The third kappa shape index (κ3) is 6.56. The van der Waals surface area contributed by atoms with Crippen LogP contribution in [0.25, 0.3) is 0 Å². The number of benzene rings is 1. The number of urea groups is 1. The highest BCUT2D eigenvalue weighted by Crippen LogP contribution is 2.23. The molecule has 162 valence electrons. The Hall–Kier alpha value is -2.92. The smallest absolute Gasteiger partial charge is 0.341 e. The fourth-order valence-corrected chi connectivity index (χ4v) is 4.30. The number of imide groups is 1. The molecule has 30 heavy (non-hydrogen) atoms. The molecule has 3 amide bonds. The predicted octanol–water partition coefficient (Wildman–Crippen LogP) is 2.72. The van der Waals surface area contributed by atoms with E-state index in [-0.39, 0.29) is 15.5 Å². The molecule has 0 spiro atoms. The average Bonchev–Trinajstić information content (AvgIpc) is 3.15. The Morgan fingerprint density at radius 2 is 1.73 bits per heavy atom. The minimum atomic E-state index is -3.88. The van der Waals surface area contributed by atoms with Gasteiger partial charge in [-0.15, -0.1) is 11.3 Å². The molecule has 0 saturated heterocycles. The molecule has 2 aromatic rings. The summed E-state index contributed by atoms with van der Waals surface area (Å²) in [7, 11) is -3.88. The number of carbonyl (C=O) groups excluding carboxylic acids is 3. The molecule has 3 N–H and O–H groups in total. The summed E-state index contributed by atoms with van der Waals surface area (Å²) in [6.45, 7) is 6.54. The molecular formula is C19H23N3O6S2. The van der Waals surface area contributed by atoms with Crippen molar-refractivity contribution in [2.45, 2.75) is 43.5 Å². The van der Waals surface area contributed by atoms with Gasteiger partial charge in [-0.2, -0.15) is 0 Å². The highest BCUT2D eigenvalue weighted by atomic mass is 32.2. The second-order valence-electron chi connectivity index (χ2n) is 7.32. The van der Waals surface area contributed by atoms with Gasteiger partial charge in [0.15, 0.2) is 6.10 Å². The summed E-state index contributed by atoms with van der Waals surface area (Å²) >= 11 is 1.03. The highest BCUT2D eigenvalue weighted by Gasteiger charge is 2.25. The maximum atomic E-state index is 12.5. The molecule has 1 aromatic heterocycles. The van der Waals surface area contributed by atoms with E-state index in [1.807, 2.05) is 0 Å². The molecule has 0 fully saturated rings. The molecule has 11 heteroatoms. The van der Waals surface area contributed by atoms with E-state index in [1.54, 1.807) is 38.3 Å². The molecule has 0 aliphatic heterocycles. The van der Waals surface area contributed by atoms with Gasteiger partial charge >= 0.3 is 12.0 Å². The molecule has 9 nitrogen and oxygen atoms in total. The van der Waals surface area contributed by atoms with Crippen LogP contribution in [-0.2, 0) is 19.6 Å². The van der Waals surface area contributed by atoms with Crippen LogP contribution in [0.5, 0.6) is 0 Å². The Morgan fingerprint density at radius 1 is 1.07 bits per heavy atom. The van der Waals surface area contributed by atoms with Crippen LogP contribution in [0.4, 0.5) is 10.5 Å². The fourth-order valence-electron chi connectivity index (χ4n) is 2.22. The molecule has 0 bridgehead atoms. The Morgan fingerprint density at radius 3 is 2.33 bits per heavy atom. The zero-order valence-electron chi connectivity index (χ0n) is 16.9. The Bertz CT molecular complexity index is 1030. The zero-order valence-corrected chi connectivity index (χ0v) is 18.5. The normalized spacial score (nSPS) is 12.5. The lowest BCUT2D eigenvalue weighted by Crippen LogP contribution is -2.50. The first kappa shape index (κ1) is 23.4. The summed E-state index contributed by atoms with van der Waals surface area (Å²) in [5.74, 6) is -1.74. The molecule has 0 unspecified atom stereocenters. The number of ether oxygens (including phenoxy) is 1. The van der Waals surface area contributed by atoms with Crippen molar-refractivity contribution in [1.29, 1.82) is 0 Å². The number of hydrogen-bond acceptors (Lipinski definition) is 7. The molecule has 1 atom stereocenters. The summed E-state index contributed by atoms with van der Waals surface area (Å²) in [6.07, 6.45) is -1.29. The van der Waals surface area contributed by atoms with Crippen molar-refractivity contribution in [2.24, 2.45) is 0 Å². The van der Waals surface area contributed by atoms with E-state index >= 15 is 0 Å². The van der Waals surface area contributed by atoms with E-state index in [2.05, 4.69) is 15.4 Å². The van der Waals surface area contributed by atoms with Crippen molar-refractivity contribution in [2.75, 3.05) is 4.72 Å². The van der Waals surface area contributed by atoms with Gasteiger partial charge in [-0.05, 0) is 51.3 Å². The van der Waals surface area contributed by atoms with Crippen molar-refractivity contribution in [3.05, 3.63) is 47.3 Å². The minimum absolute atomic E-state index is 0.00832. The average molecular weight is 454 g/mol. The van der Waals surface area contributed by atoms with Crippen LogP contribution in [0, 0.1) is 0 Å². The number of sulfonamides is 1. The van der Waals surface area contributed by atoms with E-state index in [1.165, 1.54) is 31.2 Å². The largest absolute Gasteiger partial charge is 0.449 e. The van der Waals surface area contributed by atoms with Gasteiger partial charge in [0.1, 0.15) is 4.21 Å². The Balaban J connectivity index is 2.09. The van der Waals surface area contributed by atoms with E-state index < -0.39 is 39.6 Å². The van der Waals surface area contributed by atoms with Crippen LogP contribution in [0.2, 0.25) is 0 Å². The standard InChI is InChI=1S/C19H23N3O6S2/c1-12(16(23)20-18(25)21-19(2,3)4)28-17(24)13-8-5-6-9-14(13)22-30(26,27)15-10-7-11-29-15/h5-12,22H,1-4H3,(H2,20,21,23,25)/t12-/m0/s1. The second-order valence-corrected chi connectivity index (χ2v) is 10.2. The van der Waals surface area contributed by atoms with Gasteiger partial charge in [-0.25, -0.2) is 18.0 Å². The summed E-state index contributed by atoms with van der Waals surface area (Å²) in [5, 5.41) is 6.26. The summed E-state index contributed by atoms with van der Waals surface area (Å²) in [5.41, 5.74) is -0.617. The predicted molar refractivity (Wildman–Crippen MR) is 113 cm³/mol. The van der Waals surface area contributed by atoms with E-state index in [4.69, 9.17) is 4.74 Å². The molecule has 2 rings (SSSR count). The van der Waals surface area contributed by atoms with Crippen molar-refractivity contribution in [1.82, 2.24) is 10.6 Å². The topological polar surface area (TPSA) is 131 Å². The third-order valence-electron chi connectivity index (χ3n) is 3.53.